The standard InChI is InChI=1S/C9H18N2O.C2HF3O2/c1-2-5-11-9(12)8-4-3-6-10-7-8;3-2(4,5)1(6)7/h8,10H,2-7H2,1H3,(H,11,12);(H,6,7). The Morgan fingerprint density at radius 2 is 2.00 bits per heavy atom. The van der Waals surface area contributed by atoms with Crippen molar-refractivity contribution >= 4 is 11.9 Å². The molecule has 1 saturated heterocycles. The number of carboxylic acid groups (broad SMARTS) is 1. The maximum Gasteiger partial charge on any atom is 0.490 e. The van der Waals surface area contributed by atoms with Crippen LogP contribution in [0.15, 0.2) is 0 Å². The SMILES string of the molecule is CCCNC(=O)C1CCCNC1.O=C(O)C(F)(F)F. The van der Waals surface area contributed by atoms with Crippen molar-refractivity contribution in [1.82, 2.24) is 10.6 Å². The van der Waals surface area contributed by atoms with Gasteiger partial charge in [0.2, 0.25) is 5.91 Å². The van der Waals surface area contributed by atoms with Gasteiger partial charge in [0.15, 0.2) is 0 Å². The molecule has 0 saturated carbocycles. The molecule has 0 aromatic carbocycles. The number of hydrogen-bond acceptors (Lipinski definition) is 3. The zero-order valence-electron chi connectivity index (χ0n) is 10.7. The van der Waals surface area contributed by atoms with Crippen molar-refractivity contribution in [3.8, 4) is 0 Å². The van der Waals surface area contributed by atoms with E-state index in [2.05, 4.69) is 17.6 Å². The molecule has 1 amide bonds. The van der Waals surface area contributed by atoms with Crippen LogP contribution >= 0.6 is 0 Å². The fourth-order valence-electron chi connectivity index (χ4n) is 1.47. The molecule has 1 atom stereocenters. The molecule has 0 bridgehead atoms. The summed E-state index contributed by atoms with van der Waals surface area (Å²) in [6, 6.07) is 0. The van der Waals surface area contributed by atoms with Crippen molar-refractivity contribution in [2.24, 2.45) is 5.92 Å². The van der Waals surface area contributed by atoms with Crippen molar-refractivity contribution in [3.05, 3.63) is 0 Å². The molecular weight excluding hydrogens is 265 g/mol. The predicted molar refractivity (Wildman–Crippen MR) is 62.6 cm³/mol. The van der Waals surface area contributed by atoms with Gasteiger partial charge >= 0.3 is 12.1 Å². The minimum absolute atomic E-state index is 0.213. The zero-order chi connectivity index (χ0) is 14.9. The van der Waals surface area contributed by atoms with Crippen LogP contribution in [-0.2, 0) is 9.59 Å². The monoisotopic (exact) mass is 284 g/mol. The molecule has 0 spiro atoms. The Labute approximate surface area is 109 Å². The lowest BCUT2D eigenvalue weighted by molar-refractivity contribution is -0.192. The lowest BCUT2D eigenvalue weighted by atomic mass is 9.99. The lowest BCUT2D eigenvalue weighted by Gasteiger charge is -2.21. The van der Waals surface area contributed by atoms with Crippen LogP contribution in [0.1, 0.15) is 26.2 Å². The highest BCUT2D eigenvalue weighted by Gasteiger charge is 2.38. The average molecular weight is 284 g/mol. The number of hydrogen-bond donors (Lipinski definition) is 3. The summed E-state index contributed by atoms with van der Waals surface area (Å²) in [6.07, 6.45) is -1.89. The first-order valence-corrected chi connectivity index (χ1v) is 6.07. The van der Waals surface area contributed by atoms with Gasteiger partial charge in [-0.25, -0.2) is 4.79 Å². The molecular formula is C11H19F3N2O3. The number of amides is 1. The predicted octanol–water partition coefficient (Wildman–Crippen LogP) is 1.15. The third kappa shape index (κ3) is 8.41. The van der Waals surface area contributed by atoms with E-state index in [9.17, 15) is 18.0 Å². The molecule has 1 aliphatic rings. The third-order valence-corrected chi connectivity index (χ3v) is 2.46. The van der Waals surface area contributed by atoms with Crippen molar-refractivity contribution < 1.29 is 27.9 Å². The van der Waals surface area contributed by atoms with Gasteiger partial charge in [-0.1, -0.05) is 6.92 Å². The molecule has 1 rings (SSSR count). The molecule has 0 aromatic rings. The Morgan fingerprint density at radius 1 is 1.42 bits per heavy atom. The number of carbonyl (C=O) groups excluding carboxylic acids is 1. The van der Waals surface area contributed by atoms with E-state index < -0.39 is 12.1 Å². The maximum absolute atomic E-state index is 11.4. The van der Waals surface area contributed by atoms with E-state index in [1.807, 2.05) is 0 Å². The minimum Gasteiger partial charge on any atom is -0.475 e. The average Bonchev–Trinajstić information content (AvgIpc) is 2.36. The topological polar surface area (TPSA) is 78.4 Å². The highest BCUT2D eigenvalue weighted by atomic mass is 19.4. The zero-order valence-corrected chi connectivity index (χ0v) is 10.7. The second-order valence-electron chi connectivity index (χ2n) is 4.14. The number of rotatable bonds is 3. The van der Waals surface area contributed by atoms with Crippen molar-refractivity contribution in [2.75, 3.05) is 19.6 Å². The van der Waals surface area contributed by atoms with Crippen molar-refractivity contribution in [1.29, 1.82) is 0 Å². The molecule has 0 aliphatic carbocycles. The molecule has 0 aromatic heterocycles. The van der Waals surface area contributed by atoms with E-state index in [1.54, 1.807) is 0 Å². The van der Waals surface area contributed by atoms with Gasteiger partial charge in [-0.2, -0.15) is 13.2 Å². The Morgan fingerprint density at radius 3 is 2.37 bits per heavy atom. The first kappa shape index (κ1) is 17.7. The smallest absolute Gasteiger partial charge is 0.475 e. The van der Waals surface area contributed by atoms with Crippen LogP contribution in [0, 0.1) is 5.92 Å². The summed E-state index contributed by atoms with van der Waals surface area (Å²) in [5.41, 5.74) is 0. The van der Waals surface area contributed by atoms with E-state index in [0.29, 0.717) is 0 Å². The van der Waals surface area contributed by atoms with Crippen LogP contribution in [0.25, 0.3) is 0 Å². The molecule has 5 nitrogen and oxygen atoms in total. The molecule has 112 valence electrons. The quantitative estimate of drug-likeness (QED) is 0.726. The van der Waals surface area contributed by atoms with E-state index in [4.69, 9.17) is 9.90 Å². The summed E-state index contributed by atoms with van der Waals surface area (Å²) in [7, 11) is 0. The van der Waals surface area contributed by atoms with E-state index in [1.165, 1.54) is 0 Å². The minimum atomic E-state index is -5.08. The molecule has 1 heterocycles. The van der Waals surface area contributed by atoms with Crippen LogP contribution in [0.4, 0.5) is 13.2 Å². The second kappa shape index (κ2) is 8.73. The fourth-order valence-corrected chi connectivity index (χ4v) is 1.47. The third-order valence-electron chi connectivity index (χ3n) is 2.46. The number of carboxylic acids is 1. The summed E-state index contributed by atoms with van der Waals surface area (Å²) in [5.74, 6) is -2.32. The van der Waals surface area contributed by atoms with Crippen LogP contribution in [0.2, 0.25) is 0 Å². The van der Waals surface area contributed by atoms with Crippen LogP contribution in [0.5, 0.6) is 0 Å². The first-order chi connectivity index (χ1) is 8.79. The van der Waals surface area contributed by atoms with Gasteiger partial charge in [-0.15, -0.1) is 0 Å². The van der Waals surface area contributed by atoms with Gasteiger partial charge in [0.05, 0.1) is 5.92 Å². The normalized spacial score (nSPS) is 19.1. The number of aliphatic carboxylic acids is 1. The van der Waals surface area contributed by atoms with Crippen molar-refractivity contribution in [2.45, 2.75) is 32.4 Å². The highest BCUT2D eigenvalue weighted by molar-refractivity contribution is 5.78. The maximum atomic E-state index is 11.4. The number of piperidine rings is 1. The molecule has 0 radical (unpaired) electrons. The van der Waals surface area contributed by atoms with Gasteiger partial charge in [0.1, 0.15) is 0 Å². The molecule has 3 N–H and O–H groups in total. The van der Waals surface area contributed by atoms with E-state index in [0.717, 1.165) is 38.9 Å². The number of nitrogens with one attached hydrogen (secondary N) is 2. The number of carbonyl (C=O) groups is 2. The van der Waals surface area contributed by atoms with Crippen LogP contribution in [-0.4, -0.2) is 42.8 Å². The van der Waals surface area contributed by atoms with Gasteiger partial charge in [-0.05, 0) is 25.8 Å². The molecule has 1 fully saturated rings. The largest absolute Gasteiger partial charge is 0.490 e. The molecule has 1 aliphatic heterocycles. The Kier molecular flexibility index (Phi) is 8.13. The summed E-state index contributed by atoms with van der Waals surface area (Å²) in [4.78, 5) is 20.3. The van der Waals surface area contributed by atoms with Crippen molar-refractivity contribution in [3.63, 3.8) is 0 Å². The summed E-state index contributed by atoms with van der Waals surface area (Å²) in [6.45, 7) is 4.81. The Hall–Kier alpha value is -1.31. The number of alkyl halides is 3. The first-order valence-electron chi connectivity index (χ1n) is 6.07. The van der Waals surface area contributed by atoms with Crippen LogP contribution < -0.4 is 10.6 Å². The van der Waals surface area contributed by atoms with Crippen LogP contribution in [0.3, 0.4) is 0 Å². The molecule has 19 heavy (non-hydrogen) atoms. The van der Waals surface area contributed by atoms with Gasteiger partial charge < -0.3 is 15.7 Å². The van der Waals surface area contributed by atoms with Gasteiger partial charge in [0, 0.05) is 13.1 Å². The van der Waals surface area contributed by atoms with E-state index >= 15 is 0 Å². The Bertz CT molecular complexity index is 289. The molecule has 1 unspecified atom stereocenters. The highest BCUT2D eigenvalue weighted by Crippen LogP contribution is 2.13. The van der Waals surface area contributed by atoms with Gasteiger partial charge in [0.25, 0.3) is 0 Å². The molecule has 8 heteroatoms. The fraction of sp³-hybridized carbons (Fsp3) is 0.818. The number of halogens is 3. The summed E-state index contributed by atoms with van der Waals surface area (Å²) in [5, 5.41) is 13.3. The summed E-state index contributed by atoms with van der Waals surface area (Å²) >= 11 is 0. The second-order valence-corrected chi connectivity index (χ2v) is 4.14. The summed E-state index contributed by atoms with van der Waals surface area (Å²) < 4.78 is 31.7. The Balaban J connectivity index is 0.000000399. The van der Waals surface area contributed by atoms with E-state index in [-0.39, 0.29) is 11.8 Å². The van der Waals surface area contributed by atoms with Gasteiger partial charge in [-0.3, -0.25) is 4.79 Å². The lowest BCUT2D eigenvalue weighted by Crippen LogP contribution is -2.40.